The Balaban J connectivity index is 1.11. The number of aromatic amines is 1. The van der Waals surface area contributed by atoms with Crippen LogP contribution in [0, 0.1) is 5.82 Å². The minimum absolute atomic E-state index is 0.173. The Morgan fingerprint density at radius 2 is 1.52 bits per heavy atom. The van der Waals surface area contributed by atoms with Crippen molar-refractivity contribution in [2.45, 2.75) is 25.3 Å². The summed E-state index contributed by atoms with van der Waals surface area (Å²) in [7, 11) is 0. The lowest BCUT2D eigenvalue weighted by Gasteiger charge is -2.40. The molecule has 1 saturated heterocycles. The molecule has 1 aliphatic rings. The lowest BCUT2D eigenvalue weighted by atomic mass is 9.96. The lowest BCUT2D eigenvalue weighted by molar-refractivity contribution is -0.133. The van der Waals surface area contributed by atoms with Crippen molar-refractivity contribution >= 4 is 16.8 Å². The first-order valence-corrected chi connectivity index (χ1v) is 14.0. The van der Waals surface area contributed by atoms with E-state index in [0.29, 0.717) is 32.4 Å². The van der Waals surface area contributed by atoms with E-state index in [0.717, 1.165) is 40.9 Å². The average Bonchev–Trinajstić information content (AvgIpc) is 3.36. The number of carbonyl (C=O) groups is 1. The Morgan fingerprint density at radius 1 is 0.850 bits per heavy atom. The third kappa shape index (κ3) is 5.54. The molecule has 1 N–H and O–H groups in total. The van der Waals surface area contributed by atoms with Gasteiger partial charge in [-0.25, -0.2) is 4.39 Å². The summed E-state index contributed by atoms with van der Waals surface area (Å²) < 4.78 is 14.1. The van der Waals surface area contributed by atoms with Crippen molar-refractivity contribution in [2.24, 2.45) is 0 Å². The molecule has 6 rings (SSSR count). The van der Waals surface area contributed by atoms with Gasteiger partial charge in [-0.2, -0.15) is 0 Å². The van der Waals surface area contributed by atoms with E-state index in [1.54, 1.807) is 18.3 Å². The topological polar surface area (TPSA) is 52.2 Å². The van der Waals surface area contributed by atoms with Crippen LogP contribution >= 0.6 is 0 Å². The van der Waals surface area contributed by atoms with Crippen LogP contribution in [0.5, 0.6) is 0 Å². The second kappa shape index (κ2) is 11.8. The highest BCUT2D eigenvalue weighted by Crippen LogP contribution is 2.32. The van der Waals surface area contributed by atoms with Crippen molar-refractivity contribution in [3.05, 3.63) is 126 Å². The van der Waals surface area contributed by atoms with Gasteiger partial charge in [-0.3, -0.25) is 14.7 Å². The summed E-state index contributed by atoms with van der Waals surface area (Å²) >= 11 is 0. The van der Waals surface area contributed by atoms with Crippen molar-refractivity contribution in [1.82, 2.24) is 19.8 Å². The number of rotatable bonds is 8. The van der Waals surface area contributed by atoms with Gasteiger partial charge in [-0.05, 0) is 59.9 Å². The molecule has 0 bridgehead atoms. The number of benzene rings is 3. The summed E-state index contributed by atoms with van der Waals surface area (Å²) in [6, 6.07) is 32.0. The van der Waals surface area contributed by atoms with E-state index in [2.05, 4.69) is 63.4 Å². The number of amides is 1. The molecule has 1 fully saturated rings. The number of fused-ring (bicyclic) bond motifs is 1. The maximum Gasteiger partial charge on any atom is 0.222 e. The third-order valence-corrected chi connectivity index (χ3v) is 7.87. The molecule has 6 heteroatoms. The summed E-state index contributed by atoms with van der Waals surface area (Å²) in [5.41, 5.74) is 6.16. The van der Waals surface area contributed by atoms with Gasteiger partial charge >= 0.3 is 0 Å². The molecule has 0 unspecified atom stereocenters. The molecule has 202 valence electrons. The number of H-pyrrole nitrogens is 1. The molecule has 5 aromatic rings. The fraction of sp³-hybridized carbons (Fsp3) is 0.235. The molecule has 3 heterocycles. The van der Waals surface area contributed by atoms with E-state index in [9.17, 15) is 9.18 Å². The highest BCUT2D eigenvalue weighted by atomic mass is 19.1. The van der Waals surface area contributed by atoms with Gasteiger partial charge in [-0.15, -0.1) is 0 Å². The fourth-order valence-corrected chi connectivity index (χ4v) is 5.90. The summed E-state index contributed by atoms with van der Waals surface area (Å²) in [6.07, 6.45) is 3.59. The molecule has 0 saturated carbocycles. The van der Waals surface area contributed by atoms with Crippen molar-refractivity contribution in [3.63, 3.8) is 0 Å². The van der Waals surface area contributed by atoms with Crippen molar-refractivity contribution in [1.29, 1.82) is 0 Å². The lowest BCUT2D eigenvalue weighted by Crippen LogP contribution is -2.49. The zero-order valence-corrected chi connectivity index (χ0v) is 22.5. The summed E-state index contributed by atoms with van der Waals surface area (Å²) in [5.74, 6) is -0.0837. The van der Waals surface area contributed by atoms with Gasteiger partial charge in [-0.1, -0.05) is 66.7 Å². The maximum atomic E-state index is 14.1. The Labute approximate surface area is 234 Å². The molecule has 0 radical (unpaired) electrons. The SMILES string of the molecule is O=C(CCCc1c(-c2ccccn2)[nH]c2ccc(F)cc12)N1CCN(C(c2ccccc2)c2ccccc2)CC1. The molecule has 2 aromatic heterocycles. The number of piperazine rings is 1. The number of aromatic nitrogens is 2. The predicted molar refractivity (Wildman–Crippen MR) is 157 cm³/mol. The first-order chi connectivity index (χ1) is 19.7. The van der Waals surface area contributed by atoms with Crippen molar-refractivity contribution < 1.29 is 9.18 Å². The fourth-order valence-electron chi connectivity index (χ4n) is 5.90. The first kappa shape index (κ1) is 26.0. The maximum absolute atomic E-state index is 14.1. The monoisotopic (exact) mass is 532 g/mol. The van der Waals surface area contributed by atoms with Gasteiger partial charge in [0.2, 0.25) is 5.91 Å². The van der Waals surface area contributed by atoms with Gasteiger partial charge in [0, 0.05) is 49.7 Å². The van der Waals surface area contributed by atoms with E-state index >= 15 is 0 Å². The average molecular weight is 533 g/mol. The Kier molecular flexibility index (Phi) is 7.69. The minimum atomic E-state index is -0.265. The summed E-state index contributed by atoms with van der Waals surface area (Å²) in [5, 5.41) is 0.856. The van der Waals surface area contributed by atoms with Gasteiger partial charge in [0.1, 0.15) is 5.82 Å². The first-order valence-electron chi connectivity index (χ1n) is 14.0. The van der Waals surface area contributed by atoms with Crippen LogP contribution in [-0.2, 0) is 11.2 Å². The molecule has 40 heavy (non-hydrogen) atoms. The number of halogens is 1. The molecular weight excluding hydrogens is 499 g/mol. The van der Waals surface area contributed by atoms with Crippen LogP contribution in [0.15, 0.2) is 103 Å². The normalized spacial score (nSPS) is 14.2. The molecule has 1 amide bonds. The molecule has 0 atom stereocenters. The molecular formula is C34H33FN4O. The highest BCUT2D eigenvalue weighted by molar-refractivity contribution is 5.90. The van der Waals surface area contributed by atoms with Gasteiger partial charge in [0.05, 0.1) is 17.4 Å². The van der Waals surface area contributed by atoms with E-state index < -0.39 is 0 Å². The second-order valence-corrected chi connectivity index (χ2v) is 10.4. The predicted octanol–water partition coefficient (Wildman–Crippen LogP) is 6.63. The molecule has 5 nitrogen and oxygen atoms in total. The van der Waals surface area contributed by atoms with E-state index in [1.165, 1.54) is 17.2 Å². The second-order valence-electron chi connectivity index (χ2n) is 10.4. The highest BCUT2D eigenvalue weighted by Gasteiger charge is 2.28. The zero-order chi connectivity index (χ0) is 27.3. The molecule has 0 spiro atoms. The van der Waals surface area contributed by atoms with Crippen LogP contribution in [0.4, 0.5) is 4.39 Å². The van der Waals surface area contributed by atoms with Crippen molar-refractivity contribution in [3.8, 4) is 11.4 Å². The standard InChI is InChI=1S/C34H33FN4O/c35-27-17-18-30-29(24-27)28(33(37-30)31-15-7-8-19-36-31)14-9-16-32(40)38-20-22-39(23-21-38)34(25-10-3-1-4-11-25)26-12-5-2-6-13-26/h1-8,10-13,15,17-19,24,34,37H,9,14,16,20-23H2. The van der Waals surface area contributed by atoms with Crippen LogP contribution in [0.2, 0.25) is 0 Å². The number of nitrogens with one attached hydrogen (secondary N) is 1. The van der Waals surface area contributed by atoms with Crippen LogP contribution < -0.4 is 0 Å². The Morgan fingerprint density at radius 3 is 2.17 bits per heavy atom. The molecule has 1 aliphatic heterocycles. The number of carbonyl (C=O) groups excluding carboxylic acids is 1. The Hall–Kier alpha value is -4.29. The number of aryl methyl sites for hydroxylation is 1. The third-order valence-electron chi connectivity index (χ3n) is 7.87. The van der Waals surface area contributed by atoms with E-state index in [4.69, 9.17) is 0 Å². The molecule has 0 aliphatic carbocycles. The number of nitrogens with zero attached hydrogens (tertiary/aromatic N) is 3. The number of hydrogen-bond acceptors (Lipinski definition) is 3. The van der Waals surface area contributed by atoms with Gasteiger partial charge in [0.25, 0.3) is 0 Å². The van der Waals surface area contributed by atoms with Crippen molar-refractivity contribution in [2.75, 3.05) is 26.2 Å². The minimum Gasteiger partial charge on any atom is -0.353 e. The number of hydrogen-bond donors (Lipinski definition) is 1. The Bertz CT molecular complexity index is 1520. The van der Waals surface area contributed by atoms with Crippen LogP contribution in [0.1, 0.15) is 35.6 Å². The van der Waals surface area contributed by atoms with Crippen LogP contribution in [0.25, 0.3) is 22.3 Å². The quantitative estimate of drug-likeness (QED) is 0.244. The van der Waals surface area contributed by atoms with Crippen LogP contribution in [-0.4, -0.2) is 51.9 Å². The smallest absolute Gasteiger partial charge is 0.222 e. The van der Waals surface area contributed by atoms with E-state index in [-0.39, 0.29) is 17.8 Å². The summed E-state index contributed by atoms with van der Waals surface area (Å²) in [6.45, 7) is 3.08. The largest absolute Gasteiger partial charge is 0.353 e. The van der Waals surface area contributed by atoms with Crippen LogP contribution in [0.3, 0.4) is 0 Å². The van der Waals surface area contributed by atoms with Gasteiger partial charge < -0.3 is 9.88 Å². The summed E-state index contributed by atoms with van der Waals surface area (Å²) in [4.78, 5) is 25.6. The van der Waals surface area contributed by atoms with E-state index in [1.807, 2.05) is 35.2 Å². The van der Waals surface area contributed by atoms with Gasteiger partial charge in [0.15, 0.2) is 0 Å². The zero-order valence-electron chi connectivity index (χ0n) is 22.5. The number of pyridine rings is 1. The molecule has 3 aromatic carbocycles.